The molecular weight excluding hydrogens is 213 g/mol. The second-order valence-corrected chi connectivity index (χ2v) is 5.31. The van der Waals surface area contributed by atoms with Crippen LogP contribution in [0.3, 0.4) is 0 Å². The van der Waals surface area contributed by atoms with Crippen molar-refractivity contribution in [3.05, 3.63) is 29.6 Å². The van der Waals surface area contributed by atoms with E-state index in [4.69, 9.17) is 0 Å². The molecule has 2 rings (SSSR count). The van der Waals surface area contributed by atoms with Gasteiger partial charge >= 0.3 is 0 Å². The highest BCUT2D eigenvalue weighted by molar-refractivity contribution is 5.47. The Morgan fingerprint density at radius 1 is 1.24 bits per heavy atom. The van der Waals surface area contributed by atoms with E-state index in [1.807, 2.05) is 19.1 Å². The van der Waals surface area contributed by atoms with Gasteiger partial charge in [-0.05, 0) is 50.3 Å². The molecule has 94 valence electrons. The second kappa shape index (κ2) is 5.52. The lowest BCUT2D eigenvalue weighted by molar-refractivity contribution is 0.328. The molecule has 1 aliphatic carbocycles. The van der Waals surface area contributed by atoms with Crippen LogP contribution < -0.4 is 5.32 Å². The van der Waals surface area contributed by atoms with Crippen LogP contribution in [-0.4, -0.2) is 6.04 Å². The van der Waals surface area contributed by atoms with Crippen LogP contribution in [0.15, 0.2) is 18.2 Å². The van der Waals surface area contributed by atoms with Gasteiger partial charge in [-0.15, -0.1) is 0 Å². The highest BCUT2D eigenvalue weighted by atomic mass is 19.1. The number of halogens is 1. The average molecular weight is 235 g/mol. The van der Waals surface area contributed by atoms with Crippen molar-refractivity contribution in [3.63, 3.8) is 0 Å². The van der Waals surface area contributed by atoms with Crippen LogP contribution >= 0.6 is 0 Å². The maximum atomic E-state index is 13.6. The minimum atomic E-state index is -0.141. The monoisotopic (exact) mass is 235 g/mol. The number of aryl methyl sites for hydroxylation is 1. The zero-order valence-electron chi connectivity index (χ0n) is 10.8. The summed E-state index contributed by atoms with van der Waals surface area (Å²) in [6.45, 7) is 4.17. The Balaban J connectivity index is 2.01. The van der Waals surface area contributed by atoms with E-state index in [2.05, 4.69) is 12.2 Å². The van der Waals surface area contributed by atoms with Gasteiger partial charge in [0.25, 0.3) is 0 Å². The Kier molecular flexibility index (Phi) is 4.03. The summed E-state index contributed by atoms with van der Waals surface area (Å²) in [7, 11) is 0. The molecule has 2 heteroatoms. The van der Waals surface area contributed by atoms with Gasteiger partial charge in [-0.25, -0.2) is 4.39 Å². The lowest BCUT2D eigenvalue weighted by Crippen LogP contribution is -2.28. The molecule has 0 radical (unpaired) electrons. The molecule has 1 saturated carbocycles. The van der Waals surface area contributed by atoms with Gasteiger partial charge in [-0.1, -0.05) is 25.3 Å². The number of hydrogen-bond donors (Lipinski definition) is 1. The van der Waals surface area contributed by atoms with Crippen LogP contribution in [0.1, 0.15) is 44.6 Å². The van der Waals surface area contributed by atoms with Gasteiger partial charge in [0.05, 0.1) is 5.69 Å². The van der Waals surface area contributed by atoms with E-state index < -0.39 is 0 Å². The Bertz CT molecular complexity index is 369. The third-order valence-electron chi connectivity index (χ3n) is 3.86. The zero-order valence-corrected chi connectivity index (χ0v) is 10.8. The molecule has 0 spiro atoms. The lowest BCUT2D eigenvalue weighted by Gasteiger charge is -2.29. The van der Waals surface area contributed by atoms with Crippen molar-refractivity contribution >= 4 is 5.69 Å². The molecule has 1 aromatic carbocycles. The summed E-state index contributed by atoms with van der Waals surface area (Å²) < 4.78 is 13.6. The highest BCUT2D eigenvalue weighted by Crippen LogP contribution is 2.28. The summed E-state index contributed by atoms with van der Waals surface area (Å²) in [6, 6.07) is 5.62. The smallest absolute Gasteiger partial charge is 0.146 e. The molecule has 1 atom stereocenters. The molecule has 1 nitrogen and oxygen atoms in total. The maximum Gasteiger partial charge on any atom is 0.146 e. The third kappa shape index (κ3) is 3.21. The fourth-order valence-electron chi connectivity index (χ4n) is 2.75. The van der Waals surface area contributed by atoms with Crippen molar-refractivity contribution in [1.29, 1.82) is 0 Å². The molecule has 1 fully saturated rings. The standard InChI is InChI=1S/C15H22FN/c1-11-8-9-14(16)15(10-11)17-12(2)13-6-4-3-5-7-13/h8-10,12-13,17H,3-7H2,1-2H3. The molecule has 1 N–H and O–H groups in total. The predicted octanol–water partition coefficient (Wildman–Crippen LogP) is 4.51. The molecular formula is C15H22FN. The SMILES string of the molecule is Cc1ccc(F)c(NC(C)C2CCCCC2)c1. The quantitative estimate of drug-likeness (QED) is 0.812. The van der Waals surface area contributed by atoms with Gasteiger partial charge < -0.3 is 5.32 Å². The number of benzene rings is 1. The molecule has 0 aliphatic heterocycles. The highest BCUT2D eigenvalue weighted by Gasteiger charge is 2.20. The van der Waals surface area contributed by atoms with Crippen LogP contribution in [0.4, 0.5) is 10.1 Å². The van der Waals surface area contributed by atoms with Crippen LogP contribution in [0.2, 0.25) is 0 Å². The fraction of sp³-hybridized carbons (Fsp3) is 0.600. The summed E-state index contributed by atoms with van der Waals surface area (Å²) in [5, 5.41) is 3.35. The van der Waals surface area contributed by atoms with Gasteiger partial charge in [0.2, 0.25) is 0 Å². The molecule has 1 aliphatic rings. The summed E-state index contributed by atoms with van der Waals surface area (Å²) in [5.41, 5.74) is 1.76. The molecule has 0 bridgehead atoms. The molecule has 0 heterocycles. The van der Waals surface area contributed by atoms with E-state index in [-0.39, 0.29) is 5.82 Å². The van der Waals surface area contributed by atoms with Gasteiger partial charge in [0.15, 0.2) is 0 Å². The number of rotatable bonds is 3. The first-order chi connectivity index (χ1) is 8.16. The van der Waals surface area contributed by atoms with Gasteiger partial charge in [0, 0.05) is 6.04 Å². The number of nitrogens with one attached hydrogen (secondary N) is 1. The summed E-state index contributed by atoms with van der Waals surface area (Å²) in [4.78, 5) is 0. The Morgan fingerprint density at radius 2 is 1.94 bits per heavy atom. The van der Waals surface area contributed by atoms with E-state index in [9.17, 15) is 4.39 Å². The molecule has 1 aromatic rings. The summed E-state index contributed by atoms with van der Waals surface area (Å²) >= 11 is 0. The van der Waals surface area contributed by atoms with Crippen molar-refractivity contribution in [2.24, 2.45) is 5.92 Å². The van der Waals surface area contributed by atoms with Crippen LogP contribution in [-0.2, 0) is 0 Å². The first kappa shape index (κ1) is 12.4. The zero-order chi connectivity index (χ0) is 12.3. The number of anilines is 1. The largest absolute Gasteiger partial charge is 0.380 e. The lowest BCUT2D eigenvalue weighted by atomic mass is 9.84. The first-order valence-electron chi connectivity index (χ1n) is 6.69. The van der Waals surface area contributed by atoms with Gasteiger partial charge in [-0.2, -0.15) is 0 Å². The minimum Gasteiger partial charge on any atom is -0.380 e. The fourth-order valence-corrected chi connectivity index (χ4v) is 2.75. The second-order valence-electron chi connectivity index (χ2n) is 5.31. The number of hydrogen-bond acceptors (Lipinski definition) is 1. The molecule has 1 unspecified atom stereocenters. The van der Waals surface area contributed by atoms with E-state index in [0.717, 1.165) is 5.56 Å². The summed E-state index contributed by atoms with van der Waals surface area (Å²) in [5.74, 6) is 0.557. The van der Waals surface area contributed by atoms with E-state index >= 15 is 0 Å². The Hall–Kier alpha value is -1.05. The van der Waals surface area contributed by atoms with E-state index in [0.29, 0.717) is 17.6 Å². The first-order valence-corrected chi connectivity index (χ1v) is 6.69. The van der Waals surface area contributed by atoms with E-state index in [1.54, 1.807) is 6.07 Å². The van der Waals surface area contributed by atoms with Crippen molar-refractivity contribution in [2.45, 2.75) is 52.0 Å². The summed E-state index contributed by atoms with van der Waals surface area (Å²) in [6.07, 6.45) is 6.57. The predicted molar refractivity (Wildman–Crippen MR) is 70.8 cm³/mol. The minimum absolute atomic E-state index is 0.141. The Morgan fingerprint density at radius 3 is 2.65 bits per heavy atom. The van der Waals surface area contributed by atoms with Crippen molar-refractivity contribution < 1.29 is 4.39 Å². The molecule has 0 amide bonds. The van der Waals surface area contributed by atoms with Crippen LogP contribution in [0.5, 0.6) is 0 Å². The van der Waals surface area contributed by atoms with Crippen molar-refractivity contribution in [1.82, 2.24) is 0 Å². The molecule has 17 heavy (non-hydrogen) atoms. The van der Waals surface area contributed by atoms with Gasteiger partial charge in [-0.3, -0.25) is 0 Å². The normalized spacial score (nSPS) is 19.0. The maximum absolute atomic E-state index is 13.6. The third-order valence-corrected chi connectivity index (χ3v) is 3.86. The van der Waals surface area contributed by atoms with Crippen molar-refractivity contribution in [2.75, 3.05) is 5.32 Å². The van der Waals surface area contributed by atoms with E-state index in [1.165, 1.54) is 32.1 Å². The van der Waals surface area contributed by atoms with Crippen LogP contribution in [0.25, 0.3) is 0 Å². The van der Waals surface area contributed by atoms with Crippen molar-refractivity contribution in [3.8, 4) is 0 Å². The van der Waals surface area contributed by atoms with Crippen LogP contribution in [0, 0.1) is 18.7 Å². The molecule has 0 aromatic heterocycles. The Labute approximate surface area is 103 Å². The van der Waals surface area contributed by atoms with Gasteiger partial charge in [0.1, 0.15) is 5.82 Å². The molecule has 0 saturated heterocycles. The average Bonchev–Trinajstić information content (AvgIpc) is 2.35. The topological polar surface area (TPSA) is 12.0 Å².